The molecule has 0 radical (unpaired) electrons. The Kier molecular flexibility index (Phi) is 4.33. The minimum absolute atomic E-state index is 0.231. The molecule has 0 saturated carbocycles. The monoisotopic (exact) mass is 345 g/mol. The van der Waals surface area contributed by atoms with Crippen molar-refractivity contribution in [3.8, 4) is 0 Å². The molecule has 1 aliphatic heterocycles. The van der Waals surface area contributed by atoms with Crippen molar-refractivity contribution in [3.05, 3.63) is 34.6 Å². The average molecular weight is 345 g/mol. The number of halogens is 3. The first-order valence-electron chi connectivity index (χ1n) is 7.09. The van der Waals surface area contributed by atoms with Gasteiger partial charge in [-0.25, -0.2) is 4.98 Å². The minimum Gasteiger partial charge on any atom is -0.354 e. The molecular formula is C13H14F3N5OS. The molecule has 6 nitrogen and oxygen atoms in total. The Hall–Kier alpha value is -1.97. The topological polar surface area (TPSA) is 63.9 Å². The highest BCUT2D eigenvalue weighted by Crippen LogP contribution is 2.26. The summed E-state index contributed by atoms with van der Waals surface area (Å²) in [5.41, 5.74) is -1.82. The first-order valence-corrected chi connectivity index (χ1v) is 7.82. The standard InChI is InChI=1S/C13H14F3N5OS/c14-13(15,16)10-5-12(22)21(8-17-10)7-9-1-3-20(4-2-9)11-6-18-23-19-11/h5-6,8-9H,1-4,7H2. The largest absolute Gasteiger partial charge is 0.433 e. The van der Waals surface area contributed by atoms with Crippen LogP contribution in [0.2, 0.25) is 0 Å². The molecule has 0 bridgehead atoms. The van der Waals surface area contributed by atoms with E-state index in [1.165, 1.54) is 4.57 Å². The van der Waals surface area contributed by atoms with E-state index in [0.717, 1.165) is 49.8 Å². The summed E-state index contributed by atoms with van der Waals surface area (Å²) < 4.78 is 46.9. The molecule has 0 unspecified atom stereocenters. The van der Waals surface area contributed by atoms with Crippen LogP contribution in [0, 0.1) is 5.92 Å². The summed E-state index contributed by atoms with van der Waals surface area (Å²) in [5, 5.41) is 0. The number of anilines is 1. The second-order valence-corrected chi connectivity index (χ2v) is 6.02. The van der Waals surface area contributed by atoms with E-state index in [4.69, 9.17) is 0 Å². The second kappa shape index (κ2) is 6.26. The molecular weight excluding hydrogens is 331 g/mol. The van der Waals surface area contributed by atoms with Crippen LogP contribution in [0.4, 0.5) is 19.0 Å². The molecule has 124 valence electrons. The molecule has 2 aromatic heterocycles. The Morgan fingerprint density at radius 3 is 2.61 bits per heavy atom. The van der Waals surface area contributed by atoms with Crippen molar-refractivity contribution < 1.29 is 13.2 Å². The Morgan fingerprint density at radius 1 is 1.30 bits per heavy atom. The lowest BCUT2D eigenvalue weighted by molar-refractivity contribution is -0.141. The fourth-order valence-corrected chi connectivity index (χ4v) is 3.07. The fraction of sp³-hybridized carbons (Fsp3) is 0.538. The van der Waals surface area contributed by atoms with Crippen LogP contribution in [-0.4, -0.2) is 31.4 Å². The molecule has 0 atom stereocenters. The number of hydrogen-bond acceptors (Lipinski definition) is 6. The number of nitrogens with zero attached hydrogens (tertiary/aromatic N) is 5. The molecule has 1 aliphatic rings. The van der Waals surface area contributed by atoms with Crippen molar-refractivity contribution in [2.45, 2.75) is 25.6 Å². The van der Waals surface area contributed by atoms with E-state index >= 15 is 0 Å². The van der Waals surface area contributed by atoms with Crippen LogP contribution < -0.4 is 10.5 Å². The Bertz CT molecular complexity index is 707. The van der Waals surface area contributed by atoms with Gasteiger partial charge in [0.2, 0.25) is 0 Å². The van der Waals surface area contributed by atoms with Gasteiger partial charge in [0.05, 0.1) is 24.3 Å². The highest BCUT2D eigenvalue weighted by Gasteiger charge is 2.33. The molecule has 3 heterocycles. The summed E-state index contributed by atoms with van der Waals surface area (Å²) in [6, 6.07) is 0.552. The molecule has 1 fully saturated rings. The first-order chi connectivity index (χ1) is 10.9. The highest BCUT2D eigenvalue weighted by atomic mass is 32.1. The summed E-state index contributed by atoms with van der Waals surface area (Å²) in [7, 11) is 0. The normalized spacial score (nSPS) is 16.7. The summed E-state index contributed by atoms with van der Waals surface area (Å²) in [6.07, 6.45) is -0.210. The molecule has 10 heteroatoms. The third-order valence-electron chi connectivity index (χ3n) is 3.91. The lowest BCUT2D eigenvalue weighted by Gasteiger charge is -2.31. The molecule has 0 spiro atoms. The van der Waals surface area contributed by atoms with Crippen molar-refractivity contribution in [3.63, 3.8) is 0 Å². The van der Waals surface area contributed by atoms with Gasteiger partial charge in [0.25, 0.3) is 5.56 Å². The van der Waals surface area contributed by atoms with Crippen LogP contribution in [0.5, 0.6) is 0 Å². The minimum atomic E-state index is -4.59. The molecule has 0 aromatic carbocycles. The van der Waals surface area contributed by atoms with Crippen LogP contribution in [-0.2, 0) is 12.7 Å². The number of aromatic nitrogens is 4. The Morgan fingerprint density at radius 2 is 2.04 bits per heavy atom. The predicted octanol–water partition coefficient (Wildman–Crippen LogP) is 2.03. The summed E-state index contributed by atoms with van der Waals surface area (Å²) in [5.74, 6) is 1.08. The Labute approximate surface area is 133 Å². The van der Waals surface area contributed by atoms with E-state index in [2.05, 4.69) is 18.6 Å². The van der Waals surface area contributed by atoms with E-state index in [1.807, 2.05) is 0 Å². The third-order valence-corrected chi connectivity index (χ3v) is 4.38. The lowest BCUT2D eigenvalue weighted by Crippen LogP contribution is -2.36. The van der Waals surface area contributed by atoms with Gasteiger partial charge in [-0.05, 0) is 18.8 Å². The van der Waals surface area contributed by atoms with E-state index in [0.29, 0.717) is 12.6 Å². The molecule has 0 aliphatic carbocycles. The molecule has 0 N–H and O–H groups in total. The number of piperidine rings is 1. The van der Waals surface area contributed by atoms with Crippen LogP contribution >= 0.6 is 11.7 Å². The SMILES string of the molecule is O=c1cc(C(F)(F)F)ncn1CC1CCN(c2cnsn2)CC1. The van der Waals surface area contributed by atoms with Gasteiger partial charge in [-0.3, -0.25) is 9.36 Å². The number of rotatable bonds is 3. The summed E-state index contributed by atoms with van der Waals surface area (Å²) in [4.78, 5) is 17.3. The van der Waals surface area contributed by atoms with Crippen molar-refractivity contribution in [1.29, 1.82) is 0 Å². The predicted molar refractivity (Wildman–Crippen MR) is 78.3 cm³/mol. The van der Waals surface area contributed by atoms with Gasteiger partial charge in [-0.15, -0.1) is 0 Å². The van der Waals surface area contributed by atoms with Crippen molar-refractivity contribution in [1.82, 2.24) is 18.3 Å². The zero-order chi connectivity index (χ0) is 16.4. The van der Waals surface area contributed by atoms with E-state index in [-0.39, 0.29) is 5.92 Å². The van der Waals surface area contributed by atoms with Gasteiger partial charge in [0.1, 0.15) is 0 Å². The van der Waals surface area contributed by atoms with Gasteiger partial charge >= 0.3 is 6.18 Å². The second-order valence-electron chi connectivity index (χ2n) is 5.46. The van der Waals surface area contributed by atoms with Crippen LogP contribution in [0.3, 0.4) is 0 Å². The van der Waals surface area contributed by atoms with E-state index in [9.17, 15) is 18.0 Å². The van der Waals surface area contributed by atoms with Crippen molar-refractivity contribution in [2.24, 2.45) is 5.92 Å². The number of alkyl halides is 3. The maximum absolute atomic E-state index is 12.5. The molecule has 2 aromatic rings. The quantitative estimate of drug-likeness (QED) is 0.852. The lowest BCUT2D eigenvalue weighted by atomic mass is 9.97. The summed E-state index contributed by atoms with van der Waals surface area (Å²) in [6.45, 7) is 1.96. The average Bonchev–Trinajstić information content (AvgIpc) is 3.03. The molecule has 1 saturated heterocycles. The first kappa shape index (κ1) is 15.9. The van der Waals surface area contributed by atoms with Gasteiger partial charge in [0, 0.05) is 25.7 Å². The zero-order valence-corrected chi connectivity index (χ0v) is 12.8. The molecule has 3 rings (SSSR count). The van der Waals surface area contributed by atoms with Crippen LogP contribution in [0.25, 0.3) is 0 Å². The van der Waals surface area contributed by atoms with Crippen LogP contribution in [0.15, 0.2) is 23.4 Å². The Balaban J connectivity index is 1.62. The summed E-state index contributed by atoms with van der Waals surface area (Å²) >= 11 is 1.15. The van der Waals surface area contributed by atoms with Crippen LogP contribution in [0.1, 0.15) is 18.5 Å². The fourth-order valence-electron chi connectivity index (χ4n) is 2.64. The van der Waals surface area contributed by atoms with Gasteiger partial charge in [-0.2, -0.15) is 21.9 Å². The smallest absolute Gasteiger partial charge is 0.354 e. The van der Waals surface area contributed by atoms with Crippen molar-refractivity contribution in [2.75, 3.05) is 18.0 Å². The zero-order valence-electron chi connectivity index (χ0n) is 12.0. The maximum atomic E-state index is 12.5. The third kappa shape index (κ3) is 3.69. The van der Waals surface area contributed by atoms with Gasteiger partial charge < -0.3 is 4.90 Å². The molecule has 23 heavy (non-hydrogen) atoms. The maximum Gasteiger partial charge on any atom is 0.433 e. The van der Waals surface area contributed by atoms with Crippen molar-refractivity contribution >= 4 is 17.5 Å². The van der Waals surface area contributed by atoms with E-state index in [1.54, 1.807) is 6.20 Å². The van der Waals surface area contributed by atoms with Gasteiger partial charge in [-0.1, -0.05) is 0 Å². The highest BCUT2D eigenvalue weighted by molar-refractivity contribution is 6.99. The number of hydrogen-bond donors (Lipinski definition) is 0. The van der Waals surface area contributed by atoms with Gasteiger partial charge in [0.15, 0.2) is 11.5 Å². The van der Waals surface area contributed by atoms with E-state index < -0.39 is 17.4 Å². The molecule has 0 amide bonds.